The molecular weight excluding hydrogens is 418 g/mol. The summed E-state index contributed by atoms with van der Waals surface area (Å²) in [6.45, 7) is 8.20. The van der Waals surface area contributed by atoms with Crippen molar-refractivity contribution in [2.45, 2.75) is 37.8 Å². The summed E-state index contributed by atoms with van der Waals surface area (Å²) in [5, 5.41) is 5.05. The molecule has 0 radical (unpaired) electrons. The van der Waals surface area contributed by atoms with Gasteiger partial charge in [0.25, 0.3) is 0 Å². The minimum Gasteiger partial charge on any atom is -0.377 e. The molecule has 0 saturated carbocycles. The fraction of sp³-hybridized carbons (Fsp3) is 0.476. The SMILES string of the molecule is CCNC(=O)Nc1ccc(-c2nc3c(c(N4CCOC[C@@H]4C)n2)[C@@H](C)S(O)(O)C3)cc1. The maximum atomic E-state index is 11.7. The molecule has 1 fully saturated rings. The second-order valence-electron chi connectivity index (χ2n) is 7.91. The summed E-state index contributed by atoms with van der Waals surface area (Å²) in [4.78, 5) is 23.5. The maximum Gasteiger partial charge on any atom is 0.319 e. The zero-order valence-corrected chi connectivity index (χ0v) is 18.8. The van der Waals surface area contributed by atoms with Gasteiger partial charge >= 0.3 is 6.03 Å². The van der Waals surface area contributed by atoms with Gasteiger partial charge in [0.1, 0.15) is 5.82 Å². The number of carbonyl (C=O) groups excluding carboxylic acids is 1. The number of rotatable bonds is 4. The highest BCUT2D eigenvalue weighted by molar-refractivity contribution is 8.24. The number of fused-ring (bicyclic) bond motifs is 1. The quantitative estimate of drug-likeness (QED) is 0.562. The van der Waals surface area contributed by atoms with Crippen molar-refractivity contribution in [3.05, 3.63) is 35.5 Å². The van der Waals surface area contributed by atoms with Gasteiger partial charge < -0.3 is 20.3 Å². The first-order chi connectivity index (χ1) is 14.8. The summed E-state index contributed by atoms with van der Waals surface area (Å²) in [6.07, 6.45) is 0. The Bertz CT molecular complexity index is 969. The average molecular weight is 448 g/mol. The normalized spacial score (nSPS) is 23.2. The van der Waals surface area contributed by atoms with Gasteiger partial charge in [0, 0.05) is 29.9 Å². The summed E-state index contributed by atoms with van der Waals surface area (Å²) in [5.74, 6) is 1.42. The second kappa shape index (κ2) is 8.62. The van der Waals surface area contributed by atoms with E-state index < -0.39 is 15.8 Å². The Morgan fingerprint density at radius 2 is 2.00 bits per heavy atom. The number of anilines is 2. The van der Waals surface area contributed by atoms with E-state index in [2.05, 4.69) is 22.5 Å². The number of aromatic nitrogens is 2. The van der Waals surface area contributed by atoms with E-state index in [1.165, 1.54) is 0 Å². The van der Waals surface area contributed by atoms with E-state index in [0.29, 0.717) is 43.5 Å². The minimum atomic E-state index is -2.80. The molecule has 0 aliphatic carbocycles. The van der Waals surface area contributed by atoms with E-state index in [9.17, 15) is 13.9 Å². The van der Waals surface area contributed by atoms with Gasteiger partial charge in [0.15, 0.2) is 5.82 Å². The van der Waals surface area contributed by atoms with E-state index >= 15 is 0 Å². The van der Waals surface area contributed by atoms with E-state index in [1.54, 1.807) is 12.1 Å². The molecule has 10 heteroatoms. The number of ether oxygens (including phenoxy) is 1. The summed E-state index contributed by atoms with van der Waals surface area (Å²) in [6, 6.07) is 7.17. The van der Waals surface area contributed by atoms with Crippen LogP contribution in [0.4, 0.5) is 16.3 Å². The molecule has 31 heavy (non-hydrogen) atoms. The molecule has 4 N–H and O–H groups in total. The van der Waals surface area contributed by atoms with Gasteiger partial charge in [-0.2, -0.15) is 10.6 Å². The monoisotopic (exact) mass is 447 g/mol. The van der Waals surface area contributed by atoms with Gasteiger partial charge in [-0.25, -0.2) is 14.8 Å². The molecule has 2 atom stereocenters. The topological polar surface area (TPSA) is 120 Å². The van der Waals surface area contributed by atoms with Crippen LogP contribution in [-0.2, 0) is 10.5 Å². The molecule has 3 heterocycles. The Morgan fingerprint density at radius 1 is 1.26 bits per heavy atom. The average Bonchev–Trinajstić information content (AvgIpc) is 2.97. The molecule has 2 aromatic rings. The fourth-order valence-corrected chi connectivity index (χ4v) is 5.46. The number of hydrogen-bond acceptors (Lipinski definition) is 7. The van der Waals surface area contributed by atoms with Crippen LogP contribution >= 0.6 is 10.6 Å². The van der Waals surface area contributed by atoms with Crippen LogP contribution in [0.1, 0.15) is 37.3 Å². The molecule has 4 rings (SSSR count). The van der Waals surface area contributed by atoms with Crippen molar-refractivity contribution in [2.75, 3.05) is 36.5 Å². The third-order valence-electron chi connectivity index (χ3n) is 5.70. The van der Waals surface area contributed by atoms with E-state index in [1.807, 2.05) is 26.0 Å². The van der Waals surface area contributed by atoms with E-state index in [-0.39, 0.29) is 17.8 Å². The van der Waals surface area contributed by atoms with Gasteiger partial charge in [0.2, 0.25) is 0 Å². The molecule has 1 aromatic carbocycles. The zero-order chi connectivity index (χ0) is 22.2. The van der Waals surface area contributed by atoms with Gasteiger partial charge in [-0.15, -0.1) is 0 Å². The largest absolute Gasteiger partial charge is 0.377 e. The van der Waals surface area contributed by atoms with Gasteiger partial charge in [-0.1, -0.05) is 0 Å². The van der Waals surface area contributed by atoms with Crippen molar-refractivity contribution < 1.29 is 18.6 Å². The predicted molar refractivity (Wildman–Crippen MR) is 123 cm³/mol. The lowest BCUT2D eigenvalue weighted by atomic mass is 10.1. The van der Waals surface area contributed by atoms with E-state index in [0.717, 1.165) is 16.9 Å². The minimum absolute atomic E-state index is 0.124. The summed E-state index contributed by atoms with van der Waals surface area (Å²) >= 11 is 0. The number of nitrogens with zero attached hydrogens (tertiary/aromatic N) is 3. The first kappa shape index (κ1) is 21.8. The lowest BCUT2D eigenvalue weighted by Gasteiger charge is -2.37. The highest BCUT2D eigenvalue weighted by atomic mass is 32.3. The molecule has 2 aliphatic rings. The van der Waals surface area contributed by atoms with Crippen LogP contribution in [0.15, 0.2) is 24.3 Å². The predicted octanol–water partition coefficient (Wildman–Crippen LogP) is 3.84. The van der Waals surface area contributed by atoms with Crippen LogP contribution in [0.5, 0.6) is 0 Å². The second-order valence-corrected chi connectivity index (χ2v) is 10.3. The molecule has 9 nitrogen and oxygen atoms in total. The van der Waals surface area contributed by atoms with Crippen LogP contribution in [0, 0.1) is 0 Å². The van der Waals surface area contributed by atoms with Crippen molar-refractivity contribution in [2.24, 2.45) is 0 Å². The lowest BCUT2D eigenvalue weighted by Crippen LogP contribution is -2.44. The standard InChI is InChI=1S/C21H29N5O4S/c1-4-22-21(27)23-16-7-5-15(6-8-16)19-24-17-12-31(28,29)14(3)18(17)20(25-19)26-9-10-30-11-13(26)2/h5-8,13-14,28-29H,4,9-12H2,1-3H3,(H2,22,23,27)/t13-,14+/m0/s1. The Kier molecular flexibility index (Phi) is 6.07. The number of hydrogen-bond donors (Lipinski definition) is 4. The summed E-state index contributed by atoms with van der Waals surface area (Å²) in [7, 11) is -2.80. The fourth-order valence-electron chi connectivity index (χ4n) is 3.97. The van der Waals surface area contributed by atoms with Crippen molar-refractivity contribution in [1.82, 2.24) is 15.3 Å². The van der Waals surface area contributed by atoms with Gasteiger partial charge in [-0.05, 0) is 45.0 Å². The molecule has 0 bridgehead atoms. The van der Waals surface area contributed by atoms with Gasteiger partial charge in [0.05, 0.1) is 36.0 Å². The molecule has 0 spiro atoms. The first-order valence-corrected chi connectivity index (χ1v) is 12.2. The third kappa shape index (κ3) is 4.33. The van der Waals surface area contributed by atoms with Crippen LogP contribution in [-0.4, -0.2) is 57.4 Å². The first-order valence-electron chi connectivity index (χ1n) is 10.5. The van der Waals surface area contributed by atoms with Gasteiger partial charge in [-0.3, -0.25) is 9.11 Å². The Balaban J connectivity index is 1.71. The van der Waals surface area contributed by atoms with Crippen LogP contribution < -0.4 is 15.5 Å². The molecule has 2 aliphatic heterocycles. The Labute approximate surface area is 183 Å². The Hall–Kier alpha value is -2.40. The smallest absolute Gasteiger partial charge is 0.319 e. The number of benzene rings is 1. The number of morpholine rings is 1. The summed E-state index contributed by atoms with van der Waals surface area (Å²) < 4.78 is 26.7. The number of amides is 2. The molecule has 1 saturated heterocycles. The highest BCUT2D eigenvalue weighted by Crippen LogP contribution is 2.63. The van der Waals surface area contributed by atoms with Crippen LogP contribution in [0.2, 0.25) is 0 Å². The zero-order valence-electron chi connectivity index (χ0n) is 18.0. The number of nitrogens with one attached hydrogen (secondary N) is 2. The third-order valence-corrected chi connectivity index (χ3v) is 7.77. The number of urea groups is 1. The highest BCUT2D eigenvalue weighted by Gasteiger charge is 2.40. The summed E-state index contributed by atoms with van der Waals surface area (Å²) in [5.41, 5.74) is 2.98. The Morgan fingerprint density at radius 3 is 2.68 bits per heavy atom. The van der Waals surface area contributed by atoms with E-state index in [4.69, 9.17) is 14.7 Å². The molecule has 0 unspecified atom stereocenters. The molecule has 168 valence electrons. The van der Waals surface area contributed by atoms with Crippen LogP contribution in [0.25, 0.3) is 11.4 Å². The molecule has 1 aromatic heterocycles. The molecule has 2 amide bonds. The van der Waals surface area contributed by atoms with Crippen molar-refractivity contribution in [3.63, 3.8) is 0 Å². The number of carbonyl (C=O) groups is 1. The van der Waals surface area contributed by atoms with Crippen molar-refractivity contribution in [1.29, 1.82) is 0 Å². The van der Waals surface area contributed by atoms with Crippen molar-refractivity contribution >= 4 is 28.1 Å². The van der Waals surface area contributed by atoms with Crippen molar-refractivity contribution in [3.8, 4) is 11.4 Å². The van der Waals surface area contributed by atoms with Crippen LogP contribution in [0.3, 0.4) is 0 Å². The maximum absolute atomic E-state index is 11.7. The molecular formula is C21H29N5O4S. The lowest BCUT2D eigenvalue weighted by molar-refractivity contribution is 0.0984.